The number of anilines is 1. The zero-order valence-electron chi connectivity index (χ0n) is 16.1. The van der Waals surface area contributed by atoms with Crippen LogP contribution >= 0.6 is 27.3 Å². The molecule has 4 rings (SSSR count). The Bertz CT molecular complexity index is 928. The van der Waals surface area contributed by atoms with E-state index < -0.39 is 6.17 Å². The molecule has 1 unspecified atom stereocenters. The van der Waals surface area contributed by atoms with Crippen molar-refractivity contribution in [2.75, 3.05) is 18.5 Å². The van der Waals surface area contributed by atoms with Crippen LogP contribution in [0.1, 0.15) is 53.3 Å². The Morgan fingerprint density at radius 3 is 2.89 bits per heavy atom. The molecule has 0 spiro atoms. The summed E-state index contributed by atoms with van der Waals surface area (Å²) >= 11 is 5.11. The van der Waals surface area contributed by atoms with Crippen LogP contribution in [0.25, 0.3) is 0 Å². The second kappa shape index (κ2) is 7.57. The molecule has 3 heterocycles. The van der Waals surface area contributed by atoms with E-state index in [9.17, 15) is 9.90 Å². The number of phenols is 1. The number of hydrogen-bond donors (Lipinski definition) is 3. The van der Waals surface area contributed by atoms with E-state index in [0.29, 0.717) is 24.0 Å². The minimum absolute atomic E-state index is 0.0404. The fourth-order valence-electron chi connectivity index (χ4n) is 3.81. The average molecular weight is 466 g/mol. The first-order valence-electron chi connectivity index (χ1n) is 9.50. The van der Waals surface area contributed by atoms with Crippen molar-refractivity contribution in [3.05, 3.63) is 38.2 Å². The Kier molecular flexibility index (Phi) is 5.28. The Morgan fingerprint density at radius 2 is 2.18 bits per heavy atom. The molecular formula is C20H24BrN3O3S. The molecule has 150 valence electrons. The van der Waals surface area contributed by atoms with Gasteiger partial charge >= 0.3 is 0 Å². The lowest BCUT2D eigenvalue weighted by molar-refractivity contribution is 0.0934. The molecule has 0 saturated carbocycles. The highest BCUT2D eigenvalue weighted by Crippen LogP contribution is 2.44. The van der Waals surface area contributed by atoms with Gasteiger partial charge in [0.1, 0.15) is 11.2 Å². The number of aromatic hydroxyl groups is 1. The average Bonchev–Trinajstić information content (AvgIpc) is 3.02. The maximum absolute atomic E-state index is 12.9. The van der Waals surface area contributed by atoms with Gasteiger partial charge in [0.25, 0.3) is 5.91 Å². The molecule has 0 radical (unpaired) electrons. The summed E-state index contributed by atoms with van der Waals surface area (Å²) in [7, 11) is 0. The largest absolute Gasteiger partial charge is 0.504 e. The van der Waals surface area contributed by atoms with E-state index >= 15 is 0 Å². The summed E-state index contributed by atoms with van der Waals surface area (Å²) in [5, 5.41) is 17.9. The molecule has 3 N–H and O–H groups in total. The van der Waals surface area contributed by atoms with Gasteiger partial charge in [-0.2, -0.15) is 0 Å². The van der Waals surface area contributed by atoms with Gasteiger partial charge in [-0.1, -0.05) is 15.9 Å². The van der Waals surface area contributed by atoms with Crippen LogP contribution in [0, 0.1) is 0 Å². The molecule has 1 aromatic heterocycles. The monoisotopic (exact) mass is 465 g/mol. The number of phenolic OH excluding ortho intramolecular Hbond substituents is 1. The molecule has 8 heteroatoms. The molecule has 2 aliphatic rings. The van der Waals surface area contributed by atoms with Crippen LogP contribution in [0.5, 0.6) is 11.5 Å². The third-order valence-electron chi connectivity index (χ3n) is 5.27. The first-order valence-corrected chi connectivity index (χ1v) is 11.1. The zero-order chi connectivity index (χ0) is 20.0. The van der Waals surface area contributed by atoms with Gasteiger partial charge in [0, 0.05) is 34.0 Å². The summed E-state index contributed by atoms with van der Waals surface area (Å²) in [6.45, 7) is 8.55. The van der Waals surface area contributed by atoms with Crippen molar-refractivity contribution in [1.82, 2.24) is 10.2 Å². The van der Waals surface area contributed by atoms with Crippen LogP contribution < -0.4 is 15.4 Å². The molecule has 1 amide bonds. The third kappa shape index (κ3) is 3.38. The molecule has 0 fully saturated rings. The highest BCUT2D eigenvalue weighted by atomic mass is 79.9. The van der Waals surface area contributed by atoms with Crippen molar-refractivity contribution in [2.45, 2.75) is 45.9 Å². The summed E-state index contributed by atoms with van der Waals surface area (Å²) < 4.78 is 6.30. The van der Waals surface area contributed by atoms with E-state index in [2.05, 4.69) is 45.3 Å². The Morgan fingerprint density at radius 1 is 1.39 bits per heavy atom. The first-order chi connectivity index (χ1) is 13.4. The molecule has 0 aliphatic carbocycles. The molecule has 0 saturated heterocycles. The standard InChI is InChI=1S/C20H24BrN3O3S/c1-4-27-14-8-11(21)7-13(17(14)25)18-22-19(26)16-12-5-6-24(10(2)3)9-15(12)28-20(16)23-18/h7-8,10,18,23,25H,4-6,9H2,1-3H3,(H,22,26). The quantitative estimate of drug-likeness (QED) is 0.629. The number of nitrogens with zero attached hydrogens (tertiary/aromatic N) is 1. The van der Waals surface area contributed by atoms with E-state index in [1.807, 2.05) is 6.92 Å². The molecule has 6 nitrogen and oxygen atoms in total. The lowest BCUT2D eigenvalue weighted by Crippen LogP contribution is -2.39. The number of carbonyl (C=O) groups is 1. The number of amides is 1. The molecule has 28 heavy (non-hydrogen) atoms. The highest BCUT2D eigenvalue weighted by Gasteiger charge is 2.35. The normalized spacial score (nSPS) is 19.0. The SMILES string of the molecule is CCOc1cc(Br)cc(C2NC(=O)c3c(sc4c3CCN(C(C)C)C4)N2)c1O. The van der Waals surface area contributed by atoms with E-state index in [-0.39, 0.29) is 11.7 Å². The molecular weight excluding hydrogens is 442 g/mol. The predicted octanol–water partition coefficient (Wildman–Crippen LogP) is 4.24. The van der Waals surface area contributed by atoms with Crippen molar-refractivity contribution >= 4 is 38.2 Å². The highest BCUT2D eigenvalue weighted by molar-refractivity contribution is 9.10. The Labute approximate surface area is 177 Å². The molecule has 0 bridgehead atoms. The summed E-state index contributed by atoms with van der Waals surface area (Å²) in [6, 6.07) is 4.01. The van der Waals surface area contributed by atoms with E-state index in [1.165, 1.54) is 4.88 Å². The Hall–Kier alpha value is -1.77. The second-order valence-corrected chi connectivity index (χ2v) is 9.37. The molecule has 1 aromatic carbocycles. The molecule has 2 aromatic rings. The second-order valence-electron chi connectivity index (χ2n) is 7.35. The van der Waals surface area contributed by atoms with Gasteiger partial charge in [-0.15, -0.1) is 11.3 Å². The van der Waals surface area contributed by atoms with Gasteiger partial charge in [0.2, 0.25) is 0 Å². The summed E-state index contributed by atoms with van der Waals surface area (Å²) in [5.41, 5.74) is 2.50. The van der Waals surface area contributed by atoms with Crippen LogP contribution in [0.15, 0.2) is 16.6 Å². The van der Waals surface area contributed by atoms with Crippen molar-refractivity contribution in [3.63, 3.8) is 0 Å². The van der Waals surface area contributed by atoms with Crippen LogP contribution in [-0.4, -0.2) is 35.1 Å². The lowest BCUT2D eigenvalue weighted by Gasteiger charge is -2.31. The fourth-order valence-corrected chi connectivity index (χ4v) is 5.57. The van der Waals surface area contributed by atoms with Gasteiger partial charge in [0.15, 0.2) is 11.5 Å². The first kappa shape index (κ1) is 19.5. The van der Waals surface area contributed by atoms with Crippen molar-refractivity contribution in [2.24, 2.45) is 0 Å². The number of benzene rings is 1. The lowest BCUT2D eigenvalue weighted by atomic mass is 9.99. The number of hydrogen-bond acceptors (Lipinski definition) is 6. The van der Waals surface area contributed by atoms with Gasteiger partial charge in [-0.3, -0.25) is 9.69 Å². The van der Waals surface area contributed by atoms with Gasteiger partial charge in [-0.05, 0) is 44.9 Å². The third-order valence-corrected chi connectivity index (χ3v) is 6.88. The number of carbonyl (C=O) groups excluding carboxylic acids is 1. The molecule has 2 aliphatic heterocycles. The molecule has 1 atom stereocenters. The van der Waals surface area contributed by atoms with Crippen molar-refractivity contribution < 1.29 is 14.6 Å². The number of ether oxygens (including phenoxy) is 1. The maximum Gasteiger partial charge on any atom is 0.256 e. The van der Waals surface area contributed by atoms with Crippen LogP contribution in [0.2, 0.25) is 0 Å². The maximum atomic E-state index is 12.9. The predicted molar refractivity (Wildman–Crippen MR) is 114 cm³/mol. The van der Waals surface area contributed by atoms with Crippen molar-refractivity contribution in [3.8, 4) is 11.5 Å². The Balaban J connectivity index is 1.68. The number of nitrogens with one attached hydrogen (secondary N) is 2. The minimum atomic E-state index is -0.516. The van der Waals surface area contributed by atoms with Gasteiger partial charge < -0.3 is 20.5 Å². The van der Waals surface area contributed by atoms with Crippen LogP contribution in [0.4, 0.5) is 5.00 Å². The van der Waals surface area contributed by atoms with Crippen molar-refractivity contribution in [1.29, 1.82) is 0 Å². The number of rotatable bonds is 4. The fraction of sp³-hybridized carbons (Fsp3) is 0.450. The van der Waals surface area contributed by atoms with Gasteiger partial charge in [0.05, 0.1) is 12.2 Å². The number of halogens is 1. The summed E-state index contributed by atoms with van der Waals surface area (Å²) in [4.78, 5) is 16.6. The number of thiophene rings is 1. The van der Waals surface area contributed by atoms with E-state index in [0.717, 1.165) is 40.1 Å². The summed E-state index contributed by atoms with van der Waals surface area (Å²) in [6.07, 6.45) is 0.369. The van der Waals surface area contributed by atoms with Crippen LogP contribution in [-0.2, 0) is 13.0 Å². The zero-order valence-corrected chi connectivity index (χ0v) is 18.5. The van der Waals surface area contributed by atoms with Crippen LogP contribution in [0.3, 0.4) is 0 Å². The summed E-state index contributed by atoms with van der Waals surface area (Å²) in [5.74, 6) is 0.344. The smallest absolute Gasteiger partial charge is 0.256 e. The van der Waals surface area contributed by atoms with E-state index in [4.69, 9.17) is 4.74 Å². The van der Waals surface area contributed by atoms with E-state index in [1.54, 1.807) is 23.5 Å². The topological polar surface area (TPSA) is 73.8 Å². The van der Waals surface area contributed by atoms with Gasteiger partial charge in [-0.25, -0.2) is 0 Å². The minimum Gasteiger partial charge on any atom is -0.504 e. The number of fused-ring (bicyclic) bond motifs is 3.